The fourth-order valence-electron chi connectivity index (χ4n) is 5.41. The second-order valence-corrected chi connectivity index (χ2v) is 10.8. The minimum absolute atomic E-state index is 0. The van der Waals surface area contributed by atoms with Gasteiger partial charge in [0.2, 0.25) is 0 Å². The van der Waals surface area contributed by atoms with E-state index in [1.54, 1.807) is 6.92 Å². The predicted octanol–water partition coefficient (Wildman–Crippen LogP) is -4.75. The van der Waals surface area contributed by atoms with Gasteiger partial charge in [0.1, 0.15) is 48.8 Å². The number of rotatable bonds is 10. The number of carbonyl (C=O) groups is 1. The molecule has 0 spiro atoms. The van der Waals surface area contributed by atoms with Crippen LogP contribution < -0.4 is 0 Å². The third kappa shape index (κ3) is 7.78. The predicted molar refractivity (Wildman–Crippen MR) is 128 cm³/mol. The third-order valence-corrected chi connectivity index (χ3v) is 8.11. The first kappa shape index (κ1) is 37.5. The molecule has 0 amide bonds. The summed E-state index contributed by atoms with van der Waals surface area (Å²) in [6.45, 7) is 2.32. The van der Waals surface area contributed by atoms with Crippen molar-refractivity contribution in [2.24, 2.45) is 11.8 Å². The second kappa shape index (κ2) is 15.6. The van der Waals surface area contributed by atoms with Gasteiger partial charge in [-0.15, -0.1) is 0 Å². The van der Waals surface area contributed by atoms with E-state index in [4.69, 9.17) is 23.7 Å². The average Bonchev–Trinajstić information content (AvgIpc) is 2.93. The molecule has 1 radical (unpaired) electrons. The molecule has 0 saturated carbocycles. The van der Waals surface area contributed by atoms with Gasteiger partial charge in [-0.2, -0.15) is 0 Å². The molecule has 3 saturated heterocycles. The Labute approximate surface area is 272 Å². The molecule has 237 valence electrons. The Morgan fingerprint density at radius 2 is 1.54 bits per heavy atom. The van der Waals surface area contributed by atoms with Gasteiger partial charge in [-0.25, -0.2) is 4.79 Å². The van der Waals surface area contributed by atoms with E-state index in [0.717, 1.165) is 0 Å². The summed E-state index contributed by atoms with van der Waals surface area (Å²) in [5.74, 6) is -5.98. The first-order valence-electron chi connectivity index (χ1n) is 13.2. The molecule has 0 aromatic carbocycles. The van der Waals surface area contributed by atoms with Crippen molar-refractivity contribution in [1.29, 1.82) is 0 Å². The molecule has 16 nitrogen and oxygen atoms in total. The van der Waals surface area contributed by atoms with Crippen LogP contribution in [-0.2, 0) is 28.5 Å². The number of carboxylic acids is 1. The summed E-state index contributed by atoms with van der Waals surface area (Å²) in [5, 5.41) is 103. The molecule has 16 unspecified atom stereocenters. The summed E-state index contributed by atoms with van der Waals surface area (Å²) in [5.41, 5.74) is 0. The Hall–Kier alpha value is 0.352. The maximum atomic E-state index is 12.5. The van der Waals surface area contributed by atoms with Crippen molar-refractivity contribution in [3.05, 3.63) is 0 Å². The van der Waals surface area contributed by atoms with Gasteiger partial charge in [-0.05, 0) is 6.92 Å². The monoisotopic (exact) mass is 813 g/mol. The number of aliphatic hydroxyl groups is 9. The molecule has 41 heavy (non-hydrogen) atoms. The minimum atomic E-state index is -2.67. The van der Waals surface area contributed by atoms with E-state index < -0.39 is 129 Å². The minimum Gasteiger partial charge on any atom is -0.477 e. The Morgan fingerprint density at radius 1 is 0.927 bits per heavy atom. The van der Waals surface area contributed by atoms with Crippen molar-refractivity contribution in [1.82, 2.24) is 0 Å². The molecule has 17 heteroatoms. The van der Waals surface area contributed by atoms with Gasteiger partial charge < -0.3 is 74.7 Å². The molecule has 0 bridgehead atoms. The quantitative estimate of drug-likeness (QED) is 0.0993. The van der Waals surface area contributed by atoms with E-state index >= 15 is 0 Å². The molecule has 16 atom stereocenters. The molecule has 3 aliphatic heterocycles. The van der Waals surface area contributed by atoms with Crippen LogP contribution in [0.1, 0.15) is 27.2 Å². The van der Waals surface area contributed by atoms with Crippen LogP contribution in [0, 0.1) is 55.9 Å². The fourth-order valence-corrected chi connectivity index (χ4v) is 5.41. The van der Waals surface area contributed by atoms with Crippen LogP contribution in [0.3, 0.4) is 0 Å². The topological polar surface area (TPSA) is 266 Å². The molecule has 0 aromatic rings. The van der Waals surface area contributed by atoms with Crippen LogP contribution in [0.5, 0.6) is 0 Å². The van der Waals surface area contributed by atoms with Crippen molar-refractivity contribution < 1.29 is 124 Å². The van der Waals surface area contributed by atoms with E-state index in [-0.39, 0.29) is 44.1 Å². The second-order valence-electron chi connectivity index (χ2n) is 10.8. The van der Waals surface area contributed by atoms with Crippen LogP contribution in [0.15, 0.2) is 0 Å². The summed E-state index contributed by atoms with van der Waals surface area (Å²) in [6, 6.07) is 0. The molecule has 10 N–H and O–H groups in total. The summed E-state index contributed by atoms with van der Waals surface area (Å²) < 4.78 is 28.0. The van der Waals surface area contributed by atoms with Gasteiger partial charge in [0.25, 0.3) is 5.79 Å². The van der Waals surface area contributed by atoms with E-state index in [1.165, 1.54) is 13.8 Å². The van der Waals surface area contributed by atoms with Gasteiger partial charge in [0.15, 0.2) is 6.29 Å². The Bertz CT molecular complexity index is 837. The van der Waals surface area contributed by atoms with Crippen LogP contribution in [0.25, 0.3) is 0 Å². The smallest absolute Gasteiger partial charge is 0.364 e. The third-order valence-electron chi connectivity index (χ3n) is 8.11. The van der Waals surface area contributed by atoms with Crippen LogP contribution in [-0.4, -0.2) is 162 Å². The van der Waals surface area contributed by atoms with Gasteiger partial charge >= 0.3 is 5.97 Å². The molecule has 0 aromatic heterocycles. The van der Waals surface area contributed by atoms with Crippen molar-refractivity contribution >= 4 is 5.97 Å². The van der Waals surface area contributed by atoms with Crippen LogP contribution in [0.4, 0.5) is 0 Å². The molecule has 3 rings (SSSR count). The average molecular weight is 814 g/mol. The van der Waals surface area contributed by atoms with E-state index in [0.29, 0.717) is 0 Å². The molecule has 3 fully saturated rings. The van der Waals surface area contributed by atoms with Crippen molar-refractivity contribution in [2.75, 3.05) is 19.8 Å². The maximum Gasteiger partial charge on any atom is 0.364 e. The van der Waals surface area contributed by atoms with E-state index in [9.17, 15) is 55.9 Å². The maximum absolute atomic E-state index is 12.5. The Balaban J connectivity index is 0.00000588. The Kier molecular flexibility index (Phi) is 14.3. The summed E-state index contributed by atoms with van der Waals surface area (Å²) in [4.78, 5) is 12.5. The fraction of sp³-hybridized carbons (Fsp3) is 0.958. The van der Waals surface area contributed by atoms with Crippen molar-refractivity contribution in [3.63, 3.8) is 0 Å². The molecule has 0 aliphatic carbocycles. The normalized spacial score (nSPS) is 46.8. The first-order chi connectivity index (χ1) is 18.7. The van der Waals surface area contributed by atoms with Crippen LogP contribution >= 0.6 is 0 Å². The number of carboxylic acid groups (broad SMARTS) is 1. The van der Waals surface area contributed by atoms with Gasteiger partial charge in [-0.3, -0.25) is 0 Å². The number of ether oxygens (including phenoxy) is 5. The molecule has 3 heterocycles. The van der Waals surface area contributed by atoms with Crippen molar-refractivity contribution in [3.8, 4) is 0 Å². The van der Waals surface area contributed by atoms with E-state index in [2.05, 4.69) is 0 Å². The van der Waals surface area contributed by atoms with Crippen LogP contribution in [0.2, 0.25) is 0 Å². The molecular weight excluding hydrogens is 771 g/mol. The largest absolute Gasteiger partial charge is 0.477 e. The molecule has 3 aliphatic rings. The first-order valence-corrected chi connectivity index (χ1v) is 13.2. The van der Waals surface area contributed by atoms with Crippen molar-refractivity contribution in [2.45, 2.75) is 113 Å². The summed E-state index contributed by atoms with van der Waals surface area (Å²) >= 11 is 0. The zero-order valence-corrected chi connectivity index (χ0v) is 27.7. The van der Waals surface area contributed by atoms with E-state index in [1.807, 2.05) is 0 Å². The zero-order valence-electron chi connectivity index (χ0n) is 23.0. The van der Waals surface area contributed by atoms with Gasteiger partial charge in [0, 0.05) is 62.3 Å². The zero-order chi connectivity index (χ0) is 30.1. The molecular formula is C24H42AcO16. The summed E-state index contributed by atoms with van der Waals surface area (Å²) in [6.07, 6.45) is -20.1. The number of hydrogen-bond donors (Lipinski definition) is 10. The van der Waals surface area contributed by atoms with Gasteiger partial charge in [0.05, 0.1) is 44.2 Å². The standard InChI is InChI=1S/C24H42O16.Ac/c1-8-11(28)4-24(23(34)35,39-19(8)9(2)12(29)5-25)40-21-16(31)13(6-26)37-22(18(21)33)38-20-14(7-27)36-10(3)15(30)17(20)32;/h8-22,25-33H,4-7H2,1-3H3,(H,34,35);. The Morgan fingerprint density at radius 3 is 2.07 bits per heavy atom. The number of hydrogen-bond acceptors (Lipinski definition) is 15. The SMILES string of the molecule is CC1OC(CO)C(OC2OC(CO)C(O)C(OC3(C(=O)O)CC(O)C(C)C(C(C)C(O)CO)O3)C2O)C(O)C1O.[Ac]. The number of aliphatic hydroxyl groups excluding tert-OH is 9. The number of aliphatic carboxylic acids is 1. The summed E-state index contributed by atoms with van der Waals surface area (Å²) in [7, 11) is 0. The van der Waals surface area contributed by atoms with Gasteiger partial charge in [-0.1, -0.05) is 13.8 Å².